The zero-order chi connectivity index (χ0) is 19.3. The number of esters is 1. The molecule has 1 heterocycles. The molecule has 1 spiro atoms. The van der Waals surface area contributed by atoms with Gasteiger partial charge < -0.3 is 15.4 Å². The van der Waals surface area contributed by atoms with Crippen LogP contribution in [0.3, 0.4) is 0 Å². The minimum Gasteiger partial charge on any atom is -0.467 e. The van der Waals surface area contributed by atoms with Gasteiger partial charge in [-0.15, -0.1) is 0 Å². The molecule has 1 aliphatic carbocycles. The lowest BCUT2D eigenvalue weighted by molar-refractivity contribution is -0.146. The second-order valence-corrected chi connectivity index (χ2v) is 7.27. The second-order valence-electron chi connectivity index (χ2n) is 7.27. The lowest BCUT2D eigenvalue weighted by Crippen LogP contribution is -2.50. The molecule has 1 saturated carbocycles. The topological polar surface area (TPSA) is 105 Å². The number of nitrogens with zero attached hydrogens (tertiary/aromatic N) is 1. The molecule has 2 rings (SSSR count). The maximum Gasteiger partial charge on any atom is 0.328 e. The number of rotatable bonds is 6. The van der Waals surface area contributed by atoms with Gasteiger partial charge >= 0.3 is 12.0 Å². The number of ether oxygens (including phenoxy) is 1. The normalized spacial score (nSPS) is 21.7. The Hall–Kier alpha value is -2.12. The second kappa shape index (κ2) is 8.51. The third-order valence-electron chi connectivity index (χ3n) is 5.49. The van der Waals surface area contributed by atoms with Gasteiger partial charge in [-0.05, 0) is 18.8 Å². The van der Waals surface area contributed by atoms with Crippen molar-refractivity contribution in [2.45, 2.75) is 70.4 Å². The molecule has 0 unspecified atom stereocenters. The first-order valence-corrected chi connectivity index (χ1v) is 9.36. The number of urea groups is 1. The van der Waals surface area contributed by atoms with E-state index >= 15 is 0 Å². The average molecular weight is 367 g/mol. The quantitative estimate of drug-likeness (QED) is 0.544. The first-order valence-electron chi connectivity index (χ1n) is 9.36. The van der Waals surface area contributed by atoms with E-state index < -0.39 is 36.0 Å². The van der Waals surface area contributed by atoms with Crippen molar-refractivity contribution in [3.63, 3.8) is 0 Å². The Balaban J connectivity index is 2.04. The lowest BCUT2D eigenvalue weighted by atomic mass is 9.90. The summed E-state index contributed by atoms with van der Waals surface area (Å²) in [5.41, 5.74) is -0.869. The summed E-state index contributed by atoms with van der Waals surface area (Å²) in [7, 11) is 1.26. The highest BCUT2D eigenvalue weighted by molar-refractivity contribution is 6.09. The minimum atomic E-state index is -0.869. The van der Waals surface area contributed by atoms with Crippen molar-refractivity contribution in [2.24, 2.45) is 5.92 Å². The molecule has 0 bridgehead atoms. The van der Waals surface area contributed by atoms with Gasteiger partial charge in [-0.3, -0.25) is 14.5 Å². The van der Waals surface area contributed by atoms with Crippen LogP contribution in [0.2, 0.25) is 0 Å². The Morgan fingerprint density at radius 1 is 1.23 bits per heavy atom. The first kappa shape index (κ1) is 20.2. The van der Waals surface area contributed by atoms with E-state index in [-0.39, 0.29) is 11.8 Å². The molecule has 1 saturated heterocycles. The molecule has 146 valence electrons. The summed E-state index contributed by atoms with van der Waals surface area (Å²) in [6, 6.07) is -1.34. The van der Waals surface area contributed by atoms with Crippen LogP contribution < -0.4 is 10.6 Å². The van der Waals surface area contributed by atoms with Crippen molar-refractivity contribution in [2.75, 3.05) is 13.7 Å². The fourth-order valence-corrected chi connectivity index (χ4v) is 3.65. The van der Waals surface area contributed by atoms with Gasteiger partial charge in [-0.25, -0.2) is 9.59 Å². The zero-order valence-electron chi connectivity index (χ0n) is 15.8. The molecule has 1 aliphatic heterocycles. The SMILES string of the molecule is CC[C@@H](C)[C@@H](NC(=O)CN1C(=O)NC2(CCCCCC2)C1=O)C(=O)OC. The van der Waals surface area contributed by atoms with Crippen molar-refractivity contribution in [3.8, 4) is 0 Å². The van der Waals surface area contributed by atoms with Gasteiger partial charge in [0.05, 0.1) is 7.11 Å². The summed E-state index contributed by atoms with van der Waals surface area (Å²) in [6.07, 6.45) is 5.73. The highest BCUT2D eigenvalue weighted by Gasteiger charge is 2.51. The van der Waals surface area contributed by atoms with Gasteiger partial charge in [0.1, 0.15) is 18.1 Å². The molecule has 2 aliphatic rings. The molecule has 0 aromatic rings. The van der Waals surface area contributed by atoms with Crippen molar-refractivity contribution in [1.82, 2.24) is 15.5 Å². The Kier molecular flexibility index (Phi) is 6.61. The van der Waals surface area contributed by atoms with Crippen LogP contribution in [0.4, 0.5) is 4.79 Å². The Labute approximate surface area is 154 Å². The molecule has 0 radical (unpaired) electrons. The number of nitrogens with one attached hydrogen (secondary N) is 2. The molecule has 0 aromatic heterocycles. The standard InChI is InChI=1S/C18H29N3O5/c1-4-12(2)14(15(23)26-3)19-13(22)11-21-16(24)18(20-17(21)25)9-7-5-6-8-10-18/h12,14H,4-11H2,1-3H3,(H,19,22)(H,20,25)/t12-,14-/m1/s1. The lowest BCUT2D eigenvalue weighted by Gasteiger charge is -2.25. The first-order chi connectivity index (χ1) is 12.3. The summed E-state index contributed by atoms with van der Waals surface area (Å²) in [5, 5.41) is 5.40. The smallest absolute Gasteiger partial charge is 0.328 e. The highest BCUT2D eigenvalue weighted by atomic mass is 16.5. The minimum absolute atomic E-state index is 0.122. The summed E-state index contributed by atoms with van der Waals surface area (Å²) >= 11 is 0. The van der Waals surface area contributed by atoms with Gasteiger partial charge in [0.25, 0.3) is 5.91 Å². The molecule has 0 aromatic carbocycles. The number of carbonyl (C=O) groups excluding carboxylic acids is 4. The van der Waals surface area contributed by atoms with Crippen LogP contribution in [0, 0.1) is 5.92 Å². The average Bonchev–Trinajstić information content (AvgIpc) is 2.79. The van der Waals surface area contributed by atoms with Crippen LogP contribution in [0.5, 0.6) is 0 Å². The van der Waals surface area contributed by atoms with Gasteiger partial charge in [-0.2, -0.15) is 0 Å². The molecule has 4 amide bonds. The van der Waals surface area contributed by atoms with E-state index in [1.807, 2.05) is 13.8 Å². The number of carbonyl (C=O) groups is 4. The number of hydrogen-bond acceptors (Lipinski definition) is 5. The van der Waals surface area contributed by atoms with Crippen molar-refractivity contribution < 1.29 is 23.9 Å². The predicted octanol–water partition coefficient (Wildman–Crippen LogP) is 1.34. The summed E-state index contributed by atoms with van der Waals surface area (Å²) in [5.74, 6) is -1.54. The third-order valence-corrected chi connectivity index (χ3v) is 5.49. The van der Waals surface area contributed by atoms with Gasteiger partial charge in [0, 0.05) is 0 Å². The number of methoxy groups -OCH3 is 1. The Morgan fingerprint density at radius 3 is 2.38 bits per heavy atom. The van der Waals surface area contributed by atoms with Crippen molar-refractivity contribution in [1.29, 1.82) is 0 Å². The molecule has 2 atom stereocenters. The van der Waals surface area contributed by atoms with Crippen molar-refractivity contribution >= 4 is 23.8 Å². The maximum atomic E-state index is 12.8. The maximum absolute atomic E-state index is 12.8. The summed E-state index contributed by atoms with van der Waals surface area (Å²) in [6.45, 7) is 3.34. The van der Waals surface area contributed by atoms with Gasteiger partial charge in [0.2, 0.25) is 5.91 Å². The number of hydrogen-bond donors (Lipinski definition) is 2. The van der Waals surface area contributed by atoms with Crippen LogP contribution in [-0.2, 0) is 19.1 Å². The molecule has 8 nitrogen and oxygen atoms in total. The van der Waals surface area contributed by atoms with E-state index in [0.717, 1.165) is 30.6 Å². The van der Waals surface area contributed by atoms with E-state index in [9.17, 15) is 19.2 Å². The van der Waals surface area contributed by atoms with Gasteiger partial charge in [0.15, 0.2) is 0 Å². The van der Waals surface area contributed by atoms with Gasteiger partial charge in [-0.1, -0.05) is 46.0 Å². The largest absolute Gasteiger partial charge is 0.467 e. The molecule has 2 N–H and O–H groups in total. The van der Waals surface area contributed by atoms with E-state index in [0.29, 0.717) is 19.3 Å². The fourth-order valence-electron chi connectivity index (χ4n) is 3.65. The fraction of sp³-hybridized carbons (Fsp3) is 0.778. The van der Waals surface area contributed by atoms with E-state index in [1.165, 1.54) is 7.11 Å². The molecular formula is C18H29N3O5. The summed E-state index contributed by atoms with van der Waals surface area (Å²) in [4.78, 5) is 50.4. The van der Waals surface area contributed by atoms with Crippen LogP contribution in [0.25, 0.3) is 0 Å². The monoisotopic (exact) mass is 367 g/mol. The number of amides is 4. The molecule has 26 heavy (non-hydrogen) atoms. The summed E-state index contributed by atoms with van der Waals surface area (Å²) < 4.78 is 4.74. The predicted molar refractivity (Wildman–Crippen MR) is 94.1 cm³/mol. The Bertz CT molecular complexity index is 569. The molecule has 8 heteroatoms. The van der Waals surface area contributed by atoms with E-state index in [2.05, 4.69) is 10.6 Å². The van der Waals surface area contributed by atoms with Crippen LogP contribution in [-0.4, -0.2) is 54.0 Å². The molecular weight excluding hydrogens is 338 g/mol. The molecule has 2 fully saturated rings. The van der Waals surface area contributed by atoms with E-state index in [4.69, 9.17) is 4.74 Å². The van der Waals surface area contributed by atoms with Crippen LogP contribution in [0.15, 0.2) is 0 Å². The van der Waals surface area contributed by atoms with Crippen LogP contribution in [0.1, 0.15) is 58.8 Å². The van der Waals surface area contributed by atoms with E-state index in [1.54, 1.807) is 0 Å². The third kappa shape index (κ3) is 4.16. The Morgan fingerprint density at radius 2 is 1.85 bits per heavy atom. The van der Waals surface area contributed by atoms with Crippen molar-refractivity contribution in [3.05, 3.63) is 0 Å². The highest BCUT2D eigenvalue weighted by Crippen LogP contribution is 2.32. The zero-order valence-corrected chi connectivity index (χ0v) is 15.8. The van der Waals surface area contributed by atoms with Crippen LogP contribution >= 0.6 is 0 Å². The number of imide groups is 1.